The van der Waals surface area contributed by atoms with E-state index in [2.05, 4.69) is 15.4 Å². The lowest BCUT2D eigenvalue weighted by atomic mass is 9.79. The first-order chi connectivity index (χ1) is 11.6. The zero-order chi connectivity index (χ0) is 18.8. The lowest BCUT2D eigenvalue weighted by molar-refractivity contribution is -0.137. The summed E-state index contributed by atoms with van der Waals surface area (Å²) in [6.07, 6.45) is 1.45. The maximum absolute atomic E-state index is 14.2. The zero-order valence-electron chi connectivity index (χ0n) is 13.9. The molecule has 2 rings (SSSR count). The average molecular weight is 366 g/mol. The Morgan fingerprint density at radius 2 is 2.28 bits per heavy atom. The number of rotatable bonds is 6. The standard InChI is InChI=1S/C16H17ClFN5O2/c1-16(2,11-4-5-23(3)22-11)12(7-13(24)25)20-15-10(18)6-9(8-19)14(17)21-15/h4-6,12H,7H2,1-3H3,(H,20,21)(H,24,25). The molecule has 2 aromatic heterocycles. The molecule has 0 aromatic carbocycles. The van der Waals surface area contributed by atoms with E-state index in [9.17, 15) is 14.3 Å². The van der Waals surface area contributed by atoms with Gasteiger partial charge in [-0.2, -0.15) is 10.4 Å². The molecular weight excluding hydrogens is 349 g/mol. The number of nitrogens with zero attached hydrogens (tertiary/aromatic N) is 4. The normalized spacial score (nSPS) is 12.5. The van der Waals surface area contributed by atoms with Gasteiger partial charge in [0.2, 0.25) is 0 Å². The fraction of sp³-hybridized carbons (Fsp3) is 0.375. The highest BCUT2D eigenvalue weighted by Crippen LogP contribution is 2.31. The Labute approximate surface area is 149 Å². The first-order valence-corrected chi connectivity index (χ1v) is 7.77. The number of nitrogens with one attached hydrogen (secondary N) is 1. The van der Waals surface area contributed by atoms with E-state index >= 15 is 0 Å². The van der Waals surface area contributed by atoms with Crippen molar-refractivity contribution >= 4 is 23.4 Å². The number of carbonyl (C=O) groups is 1. The van der Waals surface area contributed by atoms with Crippen LogP contribution in [0.2, 0.25) is 5.15 Å². The van der Waals surface area contributed by atoms with Crippen molar-refractivity contribution in [1.29, 1.82) is 5.26 Å². The quantitative estimate of drug-likeness (QED) is 0.763. The van der Waals surface area contributed by atoms with E-state index in [1.807, 2.05) is 0 Å². The van der Waals surface area contributed by atoms with Crippen molar-refractivity contribution in [3.63, 3.8) is 0 Å². The Balaban J connectivity index is 2.41. The van der Waals surface area contributed by atoms with Crippen molar-refractivity contribution < 1.29 is 14.3 Å². The molecule has 0 aliphatic heterocycles. The van der Waals surface area contributed by atoms with Gasteiger partial charge in [0.05, 0.1) is 17.7 Å². The third kappa shape index (κ3) is 4.06. The summed E-state index contributed by atoms with van der Waals surface area (Å²) in [4.78, 5) is 15.1. The zero-order valence-corrected chi connectivity index (χ0v) is 14.7. The summed E-state index contributed by atoms with van der Waals surface area (Å²) in [5, 5.41) is 25.1. The largest absolute Gasteiger partial charge is 0.481 e. The number of anilines is 1. The number of hydrogen-bond acceptors (Lipinski definition) is 5. The molecule has 2 heterocycles. The molecular formula is C16H17ClFN5O2. The summed E-state index contributed by atoms with van der Waals surface area (Å²) in [6, 6.07) is 3.75. The molecule has 0 aliphatic rings. The minimum atomic E-state index is -1.05. The fourth-order valence-electron chi connectivity index (χ4n) is 2.41. The van der Waals surface area contributed by atoms with Crippen molar-refractivity contribution in [3.8, 4) is 6.07 Å². The first kappa shape index (κ1) is 18.7. The molecule has 1 atom stereocenters. The van der Waals surface area contributed by atoms with Gasteiger partial charge < -0.3 is 10.4 Å². The van der Waals surface area contributed by atoms with Gasteiger partial charge in [-0.05, 0) is 12.1 Å². The summed E-state index contributed by atoms with van der Waals surface area (Å²) >= 11 is 5.85. The van der Waals surface area contributed by atoms with Crippen LogP contribution in [-0.4, -0.2) is 31.9 Å². The third-order valence-corrected chi connectivity index (χ3v) is 4.27. The van der Waals surface area contributed by atoms with E-state index < -0.39 is 23.2 Å². The molecule has 132 valence electrons. The van der Waals surface area contributed by atoms with Crippen LogP contribution in [0.5, 0.6) is 0 Å². The van der Waals surface area contributed by atoms with Crippen molar-refractivity contribution in [3.05, 3.63) is 40.6 Å². The number of aromatic nitrogens is 3. The van der Waals surface area contributed by atoms with Crippen LogP contribution in [0.15, 0.2) is 18.3 Å². The number of nitriles is 1. The van der Waals surface area contributed by atoms with E-state index in [0.29, 0.717) is 5.69 Å². The average Bonchev–Trinajstić information content (AvgIpc) is 2.96. The van der Waals surface area contributed by atoms with Crippen molar-refractivity contribution in [1.82, 2.24) is 14.8 Å². The van der Waals surface area contributed by atoms with Gasteiger partial charge in [0, 0.05) is 24.7 Å². The molecule has 0 saturated heterocycles. The summed E-state index contributed by atoms with van der Waals surface area (Å²) in [5.41, 5.74) is -0.189. The monoisotopic (exact) mass is 365 g/mol. The molecule has 0 spiro atoms. The number of carboxylic acids is 1. The van der Waals surface area contributed by atoms with E-state index in [4.69, 9.17) is 16.9 Å². The molecule has 0 bridgehead atoms. The second-order valence-electron chi connectivity index (χ2n) is 6.16. The fourth-order valence-corrected chi connectivity index (χ4v) is 2.59. The number of aryl methyl sites for hydroxylation is 1. The molecule has 0 fully saturated rings. The molecule has 1 unspecified atom stereocenters. The van der Waals surface area contributed by atoms with Crippen molar-refractivity contribution in [2.75, 3.05) is 5.32 Å². The number of pyridine rings is 1. The van der Waals surface area contributed by atoms with Crippen LogP contribution in [0, 0.1) is 17.1 Å². The number of halogens is 2. The second-order valence-corrected chi connectivity index (χ2v) is 6.52. The van der Waals surface area contributed by atoms with Gasteiger partial charge in [-0.25, -0.2) is 9.37 Å². The van der Waals surface area contributed by atoms with Crippen LogP contribution < -0.4 is 5.32 Å². The van der Waals surface area contributed by atoms with Crippen LogP contribution in [0.1, 0.15) is 31.5 Å². The van der Waals surface area contributed by atoms with Gasteiger partial charge in [-0.1, -0.05) is 25.4 Å². The summed E-state index contributed by atoms with van der Waals surface area (Å²) in [7, 11) is 1.75. The van der Waals surface area contributed by atoms with E-state index in [0.717, 1.165) is 6.07 Å². The molecule has 2 aromatic rings. The smallest absolute Gasteiger partial charge is 0.305 e. The number of aliphatic carboxylic acids is 1. The SMILES string of the molecule is Cn1ccc(C(C)(C)C(CC(=O)O)Nc2nc(Cl)c(C#N)cc2F)n1. The highest BCUT2D eigenvalue weighted by atomic mass is 35.5. The molecule has 0 saturated carbocycles. The van der Waals surface area contributed by atoms with Gasteiger partial charge in [0.15, 0.2) is 11.6 Å². The first-order valence-electron chi connectivity index (χ1n) is 7.39. The third-order valence-electron chi connectivity index (χ3n) is 3.98. The Hall–Kier alpha value is -2.66. The van der Waals surface area contributed by atoms with Crippen molar-refractivity contribution in [2.45, 2.75) is 31.7 Å². The van der Waals surface area contributed by atoms with Crippen LogP contribution in [0.3, 0.4) is 0 Å². The van der Waals surface area contributed by atoms with E-state index in [-0.39, 0.29) is 23.0 Å². The Morgan fingerprint density at radius 3 is 2.80 bits per heavy atom. The van der Waals surface area contributed by atoms with Gasteiger partial charge in [0.1, 0.15) is 11.2 Å². The molecule has 0 radical (unpaired) electrons. The summed E-state index contributed by atoms with van der Waals surface area (Å²) < 4.78 is 15.8. The molecule has 9 heteroatoms. The minimum Gasteiger partial charge on any atom is -0.481 e. The van der Waals surface area contributed by atoms with Gasteiger partial charge in [-0.15, -0.1) is 0 Å². The highest BCUT2D eigenvalue weighted by molar-refractivity contribution is 6.30. The molecule has 0 aliphatic carbocycles. The van der Waals surface area contributed by atoms with E-state index in [1.54, 1.807) is 43.9 Å². The topological polar surface area (TPSA) is 104 Å². The van der Waals surface area contributed by atoms with Crippen LogP contribution in [0.4, 0.5) is 10.2 Å². The predicted octanol–water partition coefficient (Wildman–Crippen LogP) is 2.71. The molecule has 25 heavy (non-hydrogen) atoms. The van der Waals surface area contributed by atoms with Crippen LogP contribution in [-0.2, 0) is 17.3 Å². The summed E-state index contributed by atoms with van der Waals surface area (Å²) in [5.74, 6) is -2.05. The Morgan fingerprint density at radius 1 is 1.60 bits per heavy atom. The highest BCUT2D eigenvalue weighted by Gasteiger charge is 2.36. The Kier molecular flexibility index (Phi) is 5.28. The number of carboxylic acid groups (broad SMARTS) is 1. The predicted molar refractivity (Wildman–Crippen MR) is 89.8 cm³/mol. The molecule has 7 nitrogen and oxygen atoms in total. The van der Waals surface area contributed by atoms with Crippen molar-refractivity contribution in [2.24, 2.45) is 7.05 Å². The lowest BCUT2D eigenvalue weighted by Gasteiger charge is -2.33. The van der Waals surface area contributed by atoms with Crippen LogP contribution in [0.25, 0.3) is 0 Å². The van der Waals surface area contributed by atoms with Gasteiger partial charge >= 0.3 is 5.97 Å². The minimum absolute atomic E-state index is 0.0940. The molecule has 2 N–H and O–H groups in total. The maximum atomic E-state index is 14.2. The van der Waals surface area contributed by atoms with Gasteiger partial charge in [0.25, 0.3) is 0 Å². The van der Waals surface area contributed by atoms with Crippen LogP contribution >= 0.6 is 11.6 Å². The Bertz CT molecular complexity index is 844. The maximum Gasteiger partial charge on any atom is 0.305 e. The number of hydrogen-bond donors (Lipinski definition) is 2. The van der Waals surface area contributed by atoms with Gasteiger partial charge in [-0.3, -0.25) is 9.48 Å². The lowest BCUT2D eigenvalue weighted by Crippen LogP contribution is -2.42. The summed E-state index contributed by atoms with van der Waals surface area (Å²) in [6.45, 7) is 3.61. The van der Waals surface area contributed by atoms with E-state index in [1.165, 1.54) is 0 Å². The second kappa shape index (κ2) is 7.07. The molecule has 0 amide bonds.